The molecule has 0 aliphatic heterocycles. The summed E-state index contributed by atoms with van der Waals surface area (Å²) in [5, 5.41) is 1.31. The predicted molar refractivity (Wildman–Crippen MR) is 63.0 cm³/mol. The van der Waals surface area contributed by atoms with Crippen molar-refractivity contribution in [2.75, 3.05) is 0 Å². The van der Waals surface area contributed by atoms with Gasteiger partial charge in [-0.2, -0.15) is 0 Å². The lowest BCUT2D eigenvalue weighted by molar-refractivity contribution is 0.112. The normalized spacial score (nSPS) is 10.1. The second-order valence-corrected chi connectivity index (χ2v) is 4.36. The number of hydrogen-bond acceptors (Lipinski definition) is 4. The number of benzene rings is 1. The fourth-order valence-corrected chi connectivity index (χ4v) is 2.30. The van der Waals surface area contributed by atoms with Crippen LogP contribution in [-0.2, 0) is 0 Å². The number of rotatable bonds is 3. The molecule has 0 radical (unpaired) electrons. The molecule has 0 amide bonds. The van der Waals surface area contributed by atoms with Crippen LogP contribution in [-0.4, -0.2) is 16.3 Å². The van der Waals surface area contributed by atoms with Gasteiger partial charge in [0, 0.05) is 16.7 Å². The van der Waals surface area contributed by atoms with Crippen LogP contribution in [0.3, 0.4) is 0 Å². The van der Waals surface area contributed by atoms with Crippen LogP contribution in [0.25, 0.3) is 0 Å². The second-order valence-electron chi connectivity index (χ2n) is 2.93. The molecule has 0 unspecified atom stereocenters. The first-order valence-corrected chi connectivity index (χ1v) is 5.68. The van der Waals surface area contributed by atoms with Gasteiger partial charge in [-0.15, -0.1) is 0 Å². The van der Waals surface area contributed by atoms with Gasteiger partial charge in [-0.05, 0) is 12.1 Å². The highest BCUT2D eigenvalue weighted by molar-refractivity contribution is 7.99. The quantitative estimate of drug-likeness (QED) is 0.620. The Hall–Kier alpha value is -1.39. The summed E-state index contributed by atoms with van der Waals surface area (Å²) in [6.45, 7) is 0. The third-order valence-electron chi connectivity index (χ3n) is 1.89. The van der Waals surface area contributed by atoms with Gasteiger partial charge in [-0.25, -0.2) is 9.97 Å². The van der Waals surface area contributed by atoms with Crippen molar-refractivity contribution < 1.29 is 4.79 Å². The van der Waals surface area contributed by atoms with Crippen LogP contribution < -0.4 is 0 Å². The Morgan fingerprint density at radius 1 is 1.31 bits per heavy atom. The van der Waals surface area contributed by atoms with Crippen molar-refractivity contribution in [1.29, 1.82) is 0 Å². The van der Waals surface area contributed by atoms with Crippen LogP contribution in [0, 0.1) is 0 Å². The van der Waals surface area contributed by atoms with Gasteiger partial charge in [0.2, 0.25) is 0 Å². The Kier molecular flexibility index (Phi) is 3.54. The summed E-state index contributed by atoms with van der Waals surface area (Å²) < 4.78 is 0. The molecule has 0 atom stereocenters. The first-order chi connectivity index (χ1) is 7.81. The Labute approximate surface area is 102 Å². The lowest BCUT2D eigenvalue weighted by atomic mass is 10.2. The summed E-state index contributed by atoms with van der Waals surface area (Å²) in [6, 6.07) is 6.99. The summed E-state index contributed by atoms with van der Waals surface area (Å²) in [5.74, 6) is 0. The number of hydrogen-bond donors (Lipinski definition) is 0. The first-order valence-electron chi connectivity index (χ1n) is 4.49. The van der Waals surface area contributed by atoms with Gasteiger partial charge in [-0.3, -0.25) is 4.79 Å². The van der Waals surface area contributed by atoms with E-state index < -0.39 is 0 Å². The zero-order valence-electron chi connectivity index (χ0n) is 8.13. The van der Waals surface area contributed by atoms with E-state index in [0.29, 0.717) is 10.6 Å². The van der Waals surface area contributed by atoms with Gasteiger partial charge in [0.25, 0.3) is 0 Å². The monoisotopic (exact) mass is 250 g/mol. The lowest BCUT2D eigenvalue weighted by Gasteiger charge is -2.05. The van der Waals surface area contributed by atoms with Crippen molar-refractivity contribution in [2.45, 2.75) is 9.92 Å². The summed E-state index contributed by atoms with van der Waals surface area (Å²) in [7, 11) is 0. The highest BCUT2D eigenvalue weighted by atomic mass is 35.5. The Morgan fingerprint density at radius 2 is 2.19 bits per heavy atom. The number of halogens is 1. The second kappa shape index (κ2) is 5.09. The van der Waals surface area contributed by atoms with Gasteiger partial charge in [0.05, 0.1) is 5.02 Å². The standard InChI is InChI=1S/C11H7ClN2OS/c12-9-3-1-2-8(6-15)11(9)16-10-4-5-13-7-14-10/h1-7H. The molecular formula is C11H7ClN2OS. The van der Waals surface area contributed by atoms with Gasteiger partial charge < -0.3 is 0 Å². The number of aromatic nitrogens is 2. The number of aldehydes is 1. The summed E-state index contributed by atoms with van der Waals surface area (Å²) in [6.07, 6.45) is 3.89. The number of carbonyl (C=O) groups is 1. The Morgan fingerprint density at radius 3 is 2.88 bits per heavy atom. The molecular weight excluding hydrogens is 244 g/mol. The first kappa shape index (κ1) is 11.1. The zero-order valence-corrected chi connectivity index (χ0v) is 9.70. The van der Waals surface area contributed by atoms with Crippen molar-refractivity contribution >= 4 is 29.6 Å². The maximum atomic E-state index is 10.9. The molecule has 0 bridgehead atoms. The summed E-state index contributed by atoms with van der Waals surface area (Å²) in [5.41, 5.74) is 0.566. The van der Waals surface area contributed by atoms with Crippen LogP contribution in [0.15, 0.2) is 46.7 Å². The highest BCUT2D eigenvalue weighted by Crippen LogP contribution is 2.33. The van der Waals surface area contributed by atoms with Crippen LogP contribution in [0.4, 0.5) is 0 Å². The molecule has 3 nitrogen and oxygen atoms in total. The molecule has 5 heteroatoms. The Bertz CT molecular complexity index is 505. The van der Waals surface area contributed by atoms with E-state index in [4.69, 9.17) is 11.6 Å². The molecule has 80 valence electrons. The highest BCUT2D eigenvalue weighted by Gasteiger charge is 2.08. The van der Waals surface area contributed by atoms with Crippen LogP contribution in [0.2, 0.25) is 5.02 Å². The molecule has 1 aromatic carbocycles. The predicted octanol–water partition coefficient (Wildman–Crippen LogP) is 3.09. The zero-order chi connectivity index (χ0) is 11.4. The van der Waals surface area contributed by atoms with Gasteiger partial charge in [0.1, 0.15) is 11.4 Å². The average molecular weight is 251 g/mol. The molecule has 0 fully saturated rings. The molecule has 0 spiro atoms. The fourth-order valence-electron chi connectivity index (χ4n) is 1.17. The lowest BCUT2D eigenvalue weighted by Crippen LogP contribution is -1.87. The van der Waals surface area contributed by atoms with Crippen molar-refractivity contribution in [1.82, 2.24) is 9.97 Å². The smallest absolute Gasteiger partial charge is 0.151 e. The summed E-state index contributed by atoms with van der Waals surface area (Å²) >= 11 is 7.39. The van der Waals surface area contributed by atoms with Crippen molar-refractivity contribution in [3.8, 4) is 0 Å². The van der Waals surface area contributed by atoms with Crippen molar-refractivity contribution in [3.05, 3.63) is 47.4 Å². The average Bonchev–Trinajstić information content (AvgIpc) is 2.33. The van der Waals surface area contributed by atoms with E-state index in [1.807, 2.05) is 0 Å². The number of carbonyl (C=O) groups excluding carboxylic acids is 1. The van der Waals surface area contributed by atoms with E-state index in [-0.39, 0.29) is 0 Å². The summed E-state index contributed by atoms with van der Waals surface area (Å²) in [4.78, 5) is 19.5. The molecule has 2 rings (SSSR count). The van der Waals surface area contributed by atoms with Gasteiger partial charge in [0.15, 0.2) is 6.29 Å². The van der Waals surface area contributed by atoms with E-state index in [2.05, 4.69) is 9.97 Å². The topological polar surface area (TPSA) is 42.9 Å². The molecule has 1 aromatic heterocycles. The van der Waals surface area contributed by atoms with E-state index in [1.54, 1.807) is 30.5 Å². The molecule has 1 heterocycles. The molecule has 0 saturated heterocycles. The van der Waals surface area contributed by atoms with Crippen LogP contribution in [0.5, 0.6) is 0 Å². The van der Waals surface area contributed by atoms with E-state index in [9.17, 15) is 4.79 Å². The van der Waals surface area contributed by atoms with Gasteiger partial charge >= 0.3 is 0 Å². The van der Waals surface area contributed by atoms with Crippen LogP contribution >= 0.6 is 23.4 Å². The van der Waals surface area contributed by atoms with E-state index in [0.717, 1.165) is 16.2 Å². The number of nitrogens with zero attached hydrogens (tertiary/aromatic N) is 2. The minimum Gasteiger partial charge on any atom is -0.298 e. The molecule has 2 aromatic rings. The minimum atomic E-state index is 0.549. The third-order valence-corrected chi connectivity index (χ3v) is 3.42. The fraction of sp³-hybridized carbons (Fsp3) is 0. The maximum absolute atomic E-state index is 10.9. The third kappa shape index (κ3) is 2.40. The van der Waals surface area contributed by atoms with E-state index >= 15 is 0 Å². The van der Waals surface area contributed by atoms with E-state index in [1.165, 1.54) is 18.1 Å². The van der Waals surface area contributed by atoms with Crippen molar-refractivity contribution in [2.24, 2.45) is 0 Å². The Balaban J connectivity index is 2.38. The SMILES string of the molecule is O=Cc1cccc(Cl)c1Sc1ccncn1. The molecule has 16 heavy (non-hydrogen) atoms. The minimum absolute atomic E-state index is 0.549. The van der Waals surface area contributed by atoms with Crippen molar-refractivity contribution in [3.63, 3.8) is 0 Å². The molecule has 0 N–H and O–H groups in total. The van der Waals surface area contributed by atoms with Crippen LogP contribution in [0.1, 0.15) is 10.4 Å². The molecule has 0 saturated carbocycles. The molecule has 0 aliphatic carbocycles. The largest absolute Gasteiger partial charge is 0.298 e. The maximum Gasteiger partial charge on any atom is 0.151 e. The van der Waals surface area contributed by atoms with Gasteiger partial charge in [-0.1, -0.05) is 35.5 Å². The molecule has 0 aliphatic rings.